The van der Waals surface area contributed by atoms with E-state index in [0.717, 1.165) is 5.56 Å². The number of alkyl halides is 1. The first kappa shape index (κ1) is 16.8. The van der Waals surface area contributed by atoms with Gasteiger partial charge < -0.3 is 15.2 Å². The summed E-state index contributed by atoms with van der Waals surface area (Å²) in [6.45, 7) is 5.37. The van der Waals surface area contributed by atoms with Gasteiger partial charge in [0.05, 0.1) is 18.0 Å². The highest BCUT2D eigenvalue weighted by molar-refractivity contribution is 6.18. The Hall–Kier alpha value is -1.26. The number of benzene rings is 1. The lowest BCUT2D eigenvalue weighted by Gasteiger charge is -2.26. The van der Waals surface area contributed by atoms with Crippen molar-refractivity contribution in [3.63, 3.8) is 0 Å². The number of ether oxygens (including phenoxy) is 1. The summed E-state index contributed by atoms with van der Waals surface area (Å²) in [5.41, 5.74) is 0.436. The van der Waals surface area contributed by atoms with Crippen LogP contribution in [0.15, 0.2) is 30.3 Å². The zero-order valence-corrected chi connectivity index (χ0v) is 12.9. The molecule has 0 unspecified atom stereocenters. The van der Waals surface area contributed by atoms with Crippen molar-refractivity contribution in [2.45, 2.75) is 44.9 Å². The summed E-state index contributed by atoms with van der Waals surface area (Å²) in [7, 11) is 0. The molecule has 2 atom stereocenters. The Labute approximate surface area is 125 Å². The molecule has 1 aromatic carbocycles. The number of aliphatic hydroxyl groups excluding tert-OH is 1. The highest BCUT2D eigenvalue weighted by Gasteiger charge is 2.24. The smallest absolute Gasteiger partial charge is 0.407 e. The Morgan fingerprint density at radius 3 is 2.45 bits per heavy atom. The maximum Gasteiger partial charge on any atom is 0.407 e. The van der Waals surface area contributed by atoms with Gasteiger partial charge in [0.25, 0.3) is 0 Å². The summed E-state index contributed by atoms with van der Waals surface area (Å²) in [6, 6.07) is 9.12. The van der Waals surface area contributed by atoms with Crippen LogP contribution < -0.4 is 5.32 Å². The molecule has 0 aliphatic heterocycles. The topological polar surface area (TPSA) is 58.6 Å². The molecular weight excluding hydrogens is 278 g/mol. The number of hydrogen-bond donors (Lipinski definition) is 2. The van der Waals surface area contributed by atoms with E-state index in [2.05, 4.69) is 5.32 Å². The van der Waals surface area contributed by atoms with E-state index in [-0.39, 0.29) is 5.88 Å². The van der Waals surface area contributed by atoms with Crippen LogP contribution in [0, 0.1) is 0 Å². The summed E-state index contributed by atoms with van der Waals surface area (Å²) < 4.78 is 5.20. The number of alkyl carbamates (subject to hydrolysis) is 1. The van der Waals surface area contributed by atoms with Crippen LogP contribution in [0.1, 0.15) is 26.3 Å². The van der Waals surface area contributed by atoms with Crippen LogP contribution in [0.2, 0.25) is 0 Å². The second-order valence-corrected chi connectivity index (χ2v) is 5.97. The molecule has 0 fully saturated rings. The van der Waals surface area contributed by atoms with Gasteiger partial charge in [0.2, 0.25) is 0 Å². The third kappa shape index (κ3) is 6.26. The highest BCUT2D eigenvalue weighted by atomic mass is 35.5. The monoisotopic (exact) mass is 299 g/mol. The minimum Gasteiger partial charge on any atom is -0.444 e. The van der Waals surface area contributed by atoms with Crippen LogP contribution in [0.4, 0.5) is 4.79 Å². The number of carbonyl (C=O) groups excluding carboxylic acids is 1. The van der Waals surface area contributed by atoms with Gasteiger partial charge in [-0.25, -0.2) is 4.79 Å². The van der Waals surface area contributed by atoms with Gasteiger partial charge in [0.1, 0.15) is 5.60 Å². The lowest BCUT2D eigenvalue weighted by molar-refractivity contribution is 0.0440. The Balaban J connectivity index is 2.68. The van der Waals surface area contributed by atoms with Crippen LogP contribution >= 0.6 is 11.6 Å². The fourth-order valence-electron chi connectivity index (χ4n) is 1.72. The average molecular weight is 300 g/mol. The molecule has 0 aliphatic carbocycles. The standard InChI is InChI=1S/C15H22ClNO3/c1-15(2,3)20-14(19)17-12(13(18)10-16)9-11-7-5-4-6-8-11/h4-8,12-13,18H,9-10H2,1-3H3,(H,17,19)/t12-,13+/m1/s1. The van der Waals surface area contributed by atoms with Gasteiger partial charge in [0.15, 0.2) is 0 Å². The van der Waals surface area contributed by atoms with Gasteiger partial charge in [-0.3, -0.25) is 0 Å². The Morgan fingerprint density at radius 1 is 1.35 bits per heavy atom. The molecule has 0 aromatic heterocycles. The van der Waals surface area contributed by atoms with Crippen molar-refractivity contribution < 1.29 is 14.6 Å². The Morgan fingerprint density at radius 2 is 1.95 bits per heavy atom. The Kier molecular flexibility index (Phi) is 6.30. The molecule has 1 rings (SSSR count). The zero-order chi connectivity index (χ0) is 15.2. The number of hydrogen-bond acceptors (Lipinski definition) is 3. The molecule has 2 N–H and O–H groups in total. The number of nitrogens with one attached hydrogen (secondary N) is 1. The van der Waals surface area contributed by atoms with Gasteiger partial charge in [-0.05, 0) is 32.8 Å². The maximum absolute atomic E-state index is 11.8. The van der Waals surface area contributed by atoms with E-state index >= 15 is 0 Å². The van der Waals surface area contributed by atoms with Crippen LogP contribution in [-0.4, -0.2) is 34.8 Å². The number of halogens is 1. The second kappa shape index (κ2) is 7.50. The van der Waals surface area contributed by atoms with E-state index < -0.39 is 23.8 Å². The van der Waals surface area contributed by atoms with Gasteiger partial charge in [-0.15, -0.1) is 11.6 Å². The summed E-state index contributed by atoms with van der Waals surface area (Å²) in [5.74, 6) is 0.0489. The van der Waals surface area contributed by atoms with Crippen LogP contribution in [0.5, 0.6) is 0 Å². The first-order chi connectivity index (χ1) is 9.31. The molecule has 20 heavy (non-hydrogen) atoms. The van der Waals surface area contributed by atoms with Crippen LogP contribution in [-0.2, 0) is 11.2 Å². The van der Waals surface area contributed by atoms with Crippen molar-refractivity contribution in [1.29, 1.82) is 0 Å². The quantitative estimate of drug-likeness (QED) is 0.822. The van der Waals surface area contributed by atoms with Crippen molar-refractivity contribution in [3.05, 3.63) is 35.9 Å². The Bertz CT molecular complexity index is 417. The normalized spacial score (nSPS) is 14.4. The first-order valence-electron chi connectivity index (χ1n) is 6.59. The molecule has 4 nitrogen and oxygen atoms in total. The van der Waals surface area contributed by atoms with E-state index in [1.54, 1.807) is 20.8 Å². The molecule has 0 aliphatic rings. The third-order valence-corrected chi connectivity index (χ3v) is 2.94. The van der Waals surface area contributed by atoms with E-state index in [1.165, 1.54) is 0 Å². The zero-order valence-electron chi connectivity index (χ0n) is 12.1. The molecule has 1 aromatic rings. The summed E-state index contributed by atoms with van der Waals surface area (Å²) >= 11 is 5.69. The number of aliphatic hydroxyl groups is 1. The average Bonchev–Trinajstić information content (AvgIpc) is 2.36. The molecule has 0 spiro atoms. The van der Waals surface area contributed by atoms with Gasteiger partial charge in [-0.1, -0.05) is 30.3 Å². The molecule has 1 amide bonds. The van der Waals surface area contributed by atoms with Crippen molar-refractivity contribution in [1.82, 2.24) is 5.32 Å². The molecule has 0 radical (unpaired) electrons. The van der Waals surface area contributed by atoms with Crippen molar-refractivity contribution >= 4 is 17.7 Å². The van der Waals surface area contributed by atoms with Crippen LogP contribution in [0.25, 0.3) is 0 Å². The van der Waals surface area contributed by atoms with E-state index in [4.69, 9.17) is 16.3 Å². The molecule has 5 heteroatoms. The molecule has 0 saturated carbocycles. The lowest BCUT2D eigenvalue weighted by atomic mass is 10.0. The minimum absolute atomic E-state index is 0.0489. The lowest BCUT2D eigenvalue weighted by Crippen LogP contribution is -2.47. The highest BCUT2D eigenvalue weighted by Crippen LogP contribution is 2.10. The number of amides is 1. The summed E-state index contributed by atoms with van der Waals surface area (Å²) in [6.07, 6.45) is -0.888. The number of carbonyl (C=O) groups is 1. The molecule has 0 bridgehead atoms. The minimum atomic E-state index is -0.829. The molecule has 112 valence electrons. The predicted molar refractivity (Wildman–Crippen MR) is 80.0 cm³/mol. The van der Waals surface area contributed by atoms with E-state index in [9.17, 15) is 9.90 Å². The molecule has 0 heterocycles. The van der Waals surface area contributed by atoms with Gasteiger partial charge >= 0.3 is 6.09 Å². The molecular formula is C15H22ClNO3. The van der Waals surface area contributed by atoms with Crippen LogP contribution in [0.3, 0.4) is 0 Å². The van der Waals surface area contributed by atoms with Gasteiger partial charge in [-0.2, -0.15) is 0 Å². The summed E-state index contributed by atoms with van der Waals surface area (Å²) in [5, 5.41) is 12.6. The van der Waals surface area contributed by atoms with Crippen molar-refractivity contribution in [3.8, 4) is 0 Å². The first-order valence-corrected chi connectivity index (χ1v) is 7.13. The SMILES string of the molecule is CC(C)(C)OC(=O)N[C@H](Cc1ccccc1)[C@@H](O)CCl. The second-order valence-electron chi connectivity index (χ2n) is 5.66. The van der Waals surface area contributed by atoms with Gasteiger partial charge in [0, 0.05) is 0 Å². The predicted octanol–water partition coefficient (Wildman–Crippen LogP) is 2.72. The maximum atomic E-state index is 11.8. The largest absolute Gasteiger partial charge is 0.444 e. The van der Waals surface area contributed by atoms with E-state index in [0.29, 0.717) is 6.42 Å². The number of rotatable bonds is 5. The fraction of sp³-hybridized carbons (Fsp3) is 0.533. The van der Waals surface area contributed by atoms with Crippen molar-refractivity contribution in [2.75, 3.05) is 5.88 Å². The third-order valence-electron chi connectivity index (χ3n) is 2.62. The molecule has 0 saturated heterocycles. The fourth-order valence-corrected chi connectivity index (χ4v) is 1.93. The van der Waals surface area contributed by atoms with Crippen molar-refractivity contribution in [2.24, 2.45) is 0 Å². The summed E-state index contributed by atoms with van der Waals surface area (Å²) in [4.78, 5) is 11.8. The van der Waals surface area contributed by atoms with E-state index in [1.807, 2.05) is 30.3 Å².